The van der Waals surface area contributed by atoms with Crippen LogP contribution in [-0.4, -0.2) is 29.7 Å². The molecule has 0 spiro atoms. The number of hydrogen-bond acceptors (Lipinski definition) is 2. The molecule has 126 valence electrons. The molecule has 0 saturated carbocycles. The summed E-state index contributed by atoms with van der Waals surface area (Å²) < 4.78 is 18.4. The lowest BCUT2D eigenvalue weighted by Crippen LogP contribution is -2.41. The van der Waals surface area contributed by atoms with Crippen LogP contribution in [0.3, 0.4) is 0 Å². The molecule has 0 unspecified atom stereocenters. The van der Waals surface area contributed by atoms with Crippen molar-refractivity contribution in [2.45, 2.75) is 45.6 Å². The van der Waals surface area contributed by atoms with Gasteiger partial charge in [0.1, 0.15) is 11.4 Å². The quantitative estimate of drug-likeness (QED) is 0.795. The van der Waals surface area contributed by atoms with E-state index in [1.165, 1.54) is 12.1 Å². The standard InChI is InChI=1S/C19H26FNO2/c1-14(16-5-7-17(20)8-6-16)13-15-9-11-21(12-10-15)18(22)23-19(2,3)4/h5-8,15H,1,9-13H2,2-4H3. The maximum Gasteiger partial charge on any atom is 0.410 e. The lowest BCUT2D eigenvalue weighted by atomic mass is 9.88. The summed E-state index contributed by atoms with van der Waals surface area (Å²) in [5.74, 6) is 0.276. The lowest BCUT2D eigenvalue weighted by Gasteiger charge is -2.33. The third-order valence-electron chi connectivity index (χ3n) is 4.05. The van der Waals surface area contributed by atoms with Gasteiger partial charge in [0.25, 0.3) is 0 Å². The van der Waals surface area contributed by atoms with E-state index in [4.69, 9.17) is 4.74 Å². The number of amides is 1. The van der Waals surface area contributed by atoms with Gasteiger partial charge in [-0.15, -0.1) is 0 Å². The molecule has 0 aliphatic carbocycles. The zero-order chi connectivity index (χ0) is 17.0. The monoisotopic (exact) mass is 319 g/mol. The predicted octanol–water partition coefficient (Wildman–Crippen LogP) is 4.88. The summed E-state index contributed by atoms with van der Waals surface area (Å²) in [5, 5.41) is 0. The minimum Gasteiger partial charge on any atom is -0.444 e. The minimum atomic E-state index is -0.454. The van der Waals surface area contributed by atoms with Crippen LogP contribution in [0.2, 0.25) is 0 Å². The molecule has 1 amide bonds. The van der Waals surface area contributed by atoms with Gasteiger partial charge in [0.2, 0.25) is 0 Å². The van der Waals surface area contributed by atoms with Gasteiger partial charge in [-0.1, -0.05) is 18.7 Å². The second kappa shape index (κ2) is 7.16. The van der Waals surface area contributed by atoms with Crippen LogP contribution in [-0.2, 0) is 4.74 Å². The number of rotatable bonds is 3. The van der Waals surface area contributed by atoms with Crippen molar-refractivity contribution in [3.63, 3.8) is 0 Å². The van der Waals surface area contributed by atoms with Gasteiger partial charge in [0.05, 0.1) is 0 Å². The van der Waals surface area contributed by atoms with Crippen LogP contribution in [0.5, 0.6) is 0 Å². The zero-order valence-corrected chi connectivity index (χ0v) is 14.3. The van der Waals surface area contributed by atoms with Crippen LogP contribution in [0.1, 0.15) is 45.6 Å². The predicted molar refractivity (Wildman–Crippen MR) is 90.6 cm³/mol. The van der Waals surface area contributed by atoms with Crippen molar-refractivity contribution in [1.82, 2.24) is 4.90 Å². The SMILES string of the molecule is C=C(CC1CCN(C(=O)OC(C)(C)C)CC1)c1ccc(F)cc1. The van der Waals surface area contributed by atoms with E-state index in [1.807, 2.05) is 20.8 Å². The molecular formula is C19H26FNO2. The molecule has 2 rings (SSSR count). The first-order valence-corrected chi connectivity index (χ1v) is 8.16. The Hall–Kier alpha value is -1.84. The maximum absolute atomic E-state index is 13.0. The highest BCUT2D eigenvalue weighted by atomic mass is 19.1. The fourth-order valence-electron chi connectivity index (χ4n) is 2.80. The second-order valence-electron chi connectivity index (χ2n) is 7.23. The normalized spacial score (nSPS) is 16.3. The molecule has 3 nitrogen and oxygen atoms in total. The maximum atomic E-state index is 13.0. The minimum absolute atomic E-state index is 0.228. The summed E-state index contributed by atoms with van der Waals surface area (Å²) in [7, 11) is 0. The molecule has 1 aliphatic rings. The van der Waals surface area contributed by atoms with Crippen LogP contribution in [0.15, 0.2) is 30.8 Å². The number of ether oxygens (including phenoxy) is 1. The number of piperidine rings is 1. The Labute approximate surface area is 138 Å². The Morgan fingerprint density at radius 1 is 1.26 bits per heavy atom. The summed E-state index contributed by atoms with van der Waals surface area (Å²) >= 11 is 0. The van der Waals surface area contributed by atoms with Crippen molar-refractivity contribution in [1.29, 1.82) is 0 Å². The topological polar surface area (TPSA) is 29.5 Å². The van der Waals surface area contributed by atoms with Crippen LogP contribution in [0.4, 0.5) is 9.18 Å². The van der Waals surface area contributed by atoms with Gasteiger partial charge >= 0.3 is 6.09 Å². The summed E-state index contributed by atoms with van der Waals surface area (Å²) in [4.78, 5) is 13.8. The fourth-order valence-corrected chi connectivity index (χ4v) is 2.80. The third kappa shape index (κ3) is 5.38. The number of halogens is 1. The van der Waals surface area contributed by atoms with Crippen molar-refractivity contribution < 1.29 is 13.9 Å². The van der Waals surface area contributed by atoms with E-state index in [0.29, 0.717) is 5.92 Å². The highest BCUT2D eigenvalue weighted by molar-refractivity contribution is 5.68. The van der Waals surface area contributed by atoms with Gasteiger partial charge in [-0.2, -0.15) is 0 Å². The van der Waals surface area contributed by atoms with Crippen molar-refractivity contribution >= 4 is 11.7 Å². The molecular weight excluding hydrogens is 293 g/mol. The molecule has 0 N–H and O–H groups in total. The first kappa shape index (κ1) is 17.5. The molecule has 0 aromatic heterocycles. The van der Waals surface area contributed by atoms with E-state index in [-0.39, 0.29) is 11.9 Å². The van der Waals surface area contributed by atoms with Crippen LogP contribution in [0.25, 0.3) is 5.57 Å². The van der Waals surface area contributed by atoms with Gasteiger partial charge in [-0.3, -0.25) is 0 Å². The van der Waals surface area contributed by atoms with Gasteiger partial charge in [0.15, 0.2) is 0 Å². The van der Waals surface area contributed by atoms with E-state index in [2.05, 4.69) is 6.58 Å². The highest BCUT2D eigenvalue weighted by Crippen LogP contribution is 2.28. The van der Waals surface area contributed by atoms with Crippen molar-refractivity contribution in [2.75, 3.05) is 13.1 Å². The number of allylic oxidation sites excluding steroid dienone is 1. The van der Waals surface area contributed by atoms with Gasteiger partial charge in [-0.05, 0) is 69.2 Å². The smallest absolute Gasteiger partial charge is 0.410 e. The Bertz CT molecular complexity index is 552. The number of nitrogens with zero attached hydrogens (tertiary/aromatic N) is 1. The van der Waals surface area contributed by atoms with Crippen LogP contribution < -0.4 is 0 Å². The van der Waals surface area contributed by atoms with Crippen molar-refractivity contribution in [3.8, 4) is 0 Å². The Morgan fingerprint density at radius 3 is 2.35 bits per heavy atom. The molecule has 1 saturated heterocycles. The molecule has 0 bridgehead atoms. The van der Waals surface area contributed by atoms with Crippen LogP contribution in [0, 0.1) is 11.7 Å². The van der Waals surface area contributed by atoms with Gasteiger partial charge < -0.3 is 9.64 Å². The fraction of sp³-hybridized carbons (Fsp3) is 0.526. The molecule has 23 heavy (non-hydrogen) atoms. The highest BCUT2D eigenvalue weighted by Gasteiger charge is 2.27. The van der Waals surface area contributed by atoms with Gasteiger partial charge in [0, 0.05) is 13.1 Å². The first-order chi connectivity index (χ1) is 10.7. The first-order valence-electron chi connectivity index (χ1n) is 8.16. The lowest BCUT2D eigenvalue weighted by molar-refractivity contribution is 0.0186. The number of carbonyl (C=O) groups is 1. The summed E-state index contributed by atoms with van der Waals surface area (Å²) in [6, 6.07) is 6.47. The molecule has 1 fully saturated rings. The Kier molecular flexibility index (Phi) is 5.45. The van der Waals surface area contributed by atoms with Crippen LogP contribution >= 0.6 is 0 Å². The van der Waals surface area contributed by atoms with E-state index in [0.717, 1.165) is 43.5 Å². The molecule has 4 heteroatoms. The van der Waals surface area contributed by atoms with E-state index in [1.54, 1.807) is 17.0 Å². The zero-order valence-electron chi connectivity index (χ0n) is 14.3. The summed E-state index contributed by atoms with van der Waals surface area (Å²) in [6.45, 7) is 11.2. The molecule has 0 atom stereocenters. The number of carbonyl (C=O) groups excluding carboxylic acids is 1. The molecule has 0 radical (unpaired) electrons. The molecule has 1 heterocycles. The van der Waals surface area contributed by atoms with Crippen molar-refractivity contribution in [3.05, 3.63) is 42.2 Å². The number of benzene rings is 1. The average molecular weight is 319 g/mol. The number of hydrogen-bond donors (Lipinski definition) is 0. The van der Waals surface area contributed by atoms with E-state index in [9.17, 15) is 9.18 Å². The second-order valence-corrected chi connectivity index (χ2v) is 7.23. The number of likely N-dealkylation sites (tertiary alicyclic amines) is 1. The largest absolute Gasteiger partial charge is 0.444 e. The van der Waals surface area contributed by atoms with Crippen molar-refractivity contribution in [2.24, 2.45) is 5.92 Å². The molecule has 1 aliphatic heterocycles. The van der Waals surface area contributed by atoms with Gasteiger partial charge in [-0.25, -0.2) is 9.18 Å². The van der Waals surface area contributed by atoms with E-state index >= 15 is 0 Å². The van der Waals surface area contributed by atoms with E-state index < -0.39 is 5.60 Å². The summed E-state index contributed by atoms with van der Waals surface area (Å²) in [6.07, 6.45) is 2.54. The molecule has 1 aromatic carbocycles. The third-order valence-corrected chi connectivity index (χ3v) is 4.05. The Morgan fingerprint density at radius 2 is 1.83 bits per heavy atom. The summed E-state index contributed by atoms with van der Waals surface area (Å²) in [5.41, 5.74) is 1.56. The molecule has 1 aromatic rings. The Balaban J connectivity index is 1.81. The average Bonchev–Trinajstić information content (AvgIpc) is 2.46.